The van der Waals surface area contributed by atoms with Crippen LogP contribution in [-0.4, -0.2) is 15.7 Å². The largest absolute Gasteiger partial charge is 0.321 e. The van der Waals surface area contributed by atoms with Gasteiger partial charge in [-0.25, -0.2) is 0 Å². The van der Waals surface area contributed by atoms with Crippen molar-refractivity contribution < 1.29 is 4.79 Å². The molecule has 0 aliphatic carbocycles. The Bertz CT molecular complexity index is 488. The average Bonchev–Trinajstić information content (AvgIpc) is 2.60. The monoisotopic (exact) mass is 327 g/mol. The van der Waals surface area contributed by atoms with Crippen molar-refractivity contribution in [2.75, 3.05) is 5.32 Å². The number of nitrogens with one attached hydrogen (secondary N) is 1. The maximum Gasteiger partial charge on any atom is 0.275 e. The SMILES string of the molecule is Cn1ncc(I)c1C(=O)Nc1ccccc1. The first-order chi connectivity index (χ1) is 7.68. The van der Waals surface area contributed by atoms with Crippen LogP contribution in [0.3, 0.4) is 0 Å². The molecule has 0 saturated carbocycles. The topological polar surface area (TPSA) is 46.9 Å². The van der Waals surface area contributed by atoms with Gasteiger partial charge in [-0.15, -0.1) is 0 Å². The molecule has 82 valence electrons. The smallest absolute Gasteiger partial charge is 0.275 e. The predicted octanol–water partition coefficient (Wildman–Crippen LogP) is 2.28. The molecule has 0 atom stereocenters. The molecule has 0 bridgehead atoms. The number of amides is 1. The van der Waals surface area contributed by atoms with Gasteiger partial charge in [0, 0.05) is 12.7 Å². The quantitative estimate of drug-likeness (QED) is 0.861. The normalized spacial score (nSPS) is 10.1. The van der Waals surface area contributed by atoms with Crippen LogP contribution in [-0.2, 0) is 7.05 Å². The molecule has 1 amide bonds. The van der Waals surface area contributed by atoms with E-state index in [4.69, 9.17) is 0 Å². The molecule has 0 spiro atoms. The lowest BCUT2D eigenvalue weighted by Gasteiger charge is -2.05. The van der Waals surface area contributed by atoms with E-state index in [0.717, 1.165) is 9.26 Å². The van der Waals surface area contributed by atoms with Crippen molar-refractivity contribution in [3.8, 4) is 0 Å². The van der Waals surface area contributed by atoms with E-state index < -0.39 is 0 Å². The maximum absolute atomic E-state index is 11.9. The summed E-state index contributed by atoms with van der Waals surface area (Å²) in [5, 5.41) is 6.85. The van der Waals surface area contributed by atoms with Gasteiger partial charge in [0.2, 0.25) is 0 Å². The zero-order valence-electron chi connectivity index (χ0n) is 8.64. The molecule has 4 nitrogen and oxygen atoms in total. The van der Waals surface area contributed by atoms with Gasteiger partial charge in [0.25, 0.3) is 5.91 Å². The summed E-state index contributed by atoms with van der Waals surface area (Å²) in [4.78, 5) is 11.9. The summed E-state index contributed by atoms with van der Waals surface area (Å²) in [6.07, 6.45) is 1.67. The molecule has 2 aromatic rings. The summed E-state index contributed by atoms with van der Waals surface area (Å²) in [5.41, 5.74) is 1.36. The molecule has 0 unspecified atom stereocenters. The van der Waals surface area contributed by atoms with Crippen LogP contribution in [0.5, 0.6) is 0 Å². The number of carbonyl (C=O) groups excluding carboxylic acids is 1. The number of carbonyl (C=O) groups is 1. The summed E-state index contributed by atoms with van der Waals surface area (Å²) in [6, 6.07) is 9.36. The van der Waals surface area contributed by atoms with Crippen LogP contribution < -0.4 is 5.32 Å². The molecule has 0 radical (unpaired) electrons. The standard InChI is InChI=1S/C11H10IN3O/c1-15-10(9(12)7-13-15)11(16)14-8-5-3-2-4-6-8/h2-7H,1H3,(H,14,16). The fraction of sp³-hybridized carbons (Fsp3) is 0.0909. The molecule has 1 aromatic carbocycles. The Labute approximate surface area is 107 Å². The van der Waals surface area contributed by atoms with Crippen molar-refractivity contribution in [2.24, 2.45) is 7.05 Å². The van der Waals surface area contributed by atoms with E-state index in [9.17, 15) is 4.79 Å². The predicted molar refractivity (Wildman–Crippen MR) is 70.3 cm³/mol. The zero-order chi connectivity index (χ0) is 11.5. The van der Waals surface area contributed by atoms with Crippen LogP contribution in [0.25, 0.3) is 0 Å². The number of benzene rings is 1. The summed E-state index contributed by atoms with van der Waals surface area (Å²) in [6.45, 7) is 0. The van der Waals surface area contributed by atoms with Gasteiger partial charge in [-0.05, 0) is 34.7 Å². The van der Waals surface area contributed by atoms with Crippen molar-refractivity contribution in [1.29, 1.82) is 0 Å². The first-order valence-corrected chi connectivity index (χ1v) is 5.80. The first kappa shape index (κ1) is 11.1. The van der Waals surface area contributed by atoms with Crippen LogP contribution in [0.2, 0.25) is 0 Å². The number of halogens is 1. The number of para-hydroxylation sites is 1. The Morgan fingerprint density at radius 1 is 1.38 bits per heavy atom. The lowest BCUT2D eigenvalue weighted by atomic mass is 10.3. The molecule has 1 aromatic heterocycles. The highest BCUT2D eigenvalue weighted by atomic mass is 127. The van der Waals surface area contributed by atoms with Gasteiger partial charge in [-0.3, -0.25) is 9.48 Å². The molecule has 16 heavy (non-hydrogen) atoms. The molecular formula is C11H10IN3O. The highest BCUT2D eigenvalue weighted by Crippen LogP contribution is 2.13. The van der Waals surface area contributed by atoms with E-state index in [1.165, 1.54) is 0 Å². The lowest BCUT2D eigenvalue weighted by molar-refractivity contribution is 0.101. The highest BCUT2D eigenvalue weighted by molar-refractivity contribution is 14.1. The van der Waals surface area contributed by atoms with Gasteiger partial charge in [0.15, 0.2) is 0 Å². The maximum atomic E-state index is 11.9. The van der Waals surface area contributed by atoms with Crippen molar-refractivity contribution in [3.63, 3.8) is 0 Å². The van der Waals surface area contributed by atoms with E-state index in [1.807, 2.05) is 30.3 Å². The minimum Gasteiger partial charge on any atom is -0.321 e. The Kier molecular flexibility index (Phi) is 3.23. The van der Waals surface area contributed by atoms with E-state index in [1.54, 1.807) is 17.9 Å². The fourth-order valence-corrected chi connectivity index (χ4v) is 2.10. The van der Waals surface area contributed by atoms with Crippen molar-refractivity contribution >= 4 is 34.2 Å². The third kappa shape index (κ3) is 2.24. The van der Waals surface area contributed by atoms with Gasteiger partial charge in [0.1, 0.15) is 5.69 Å². The summed E-state index contributed by atoms with van der Waals surface area (Å²) < 4.78 is 2.41. The minimum atomic E-state index is -0.143. The lowest BCUT2D eigenvalue weighted by Crippen LogP contribution is -2.17. The van der Waals surface area contributed by atoms with Crippen LogP contribution in [0.4, 0.5) is 5.69 Å². The Morgan fingerprint density at radius 2 is 2.06 bits per heavy atom. The molecule has 0 aliphatic rings. The van der Waals surface area contributed by atoms with Crippen LogP contribution in [0.1, 0.15) is 10.5 Å². The van der Waals surface area contributed by atoms with Gasteiger partial charge < -0.3 is 5.32 Å². The number of hydrogen-bond donors (Lipinski definition) is 1. The number of nitrogens with zero attached hydrogens (tertiary/aromatic N) is 2. The molecule has 1 N–H and O–H groups in total. The summed E-state index contributed by atoms with van der Waals surface area (Å²) in [7, 11) is 1.75. The fourth-order valence-electron chi connectivity index (χ4n) is 1.38. The average molecular weight is 327 g/mol. The Hall–Kier alpha value is -1.37. The number of aromatic nitrogens is 2. The van der Waals surface area contributed by atoms with E-state index in [-0.39, 0.29) is 5.91 Å². The van der Waals surface area contributed by atoms with Crippen molar-refractivity contribution in [3.05, 3.63) is 45.8 Å². The first-order valence-electron chi connectivity index (χ1n) is 4.72. The number of rotatable bonds is 2. The van der Waals surface area contributed by atoms with Gasteiger partial charge in [-0.1, -0.05) is 18.2 Å². The van der Waals surface area contributed by atoms with E-state index >= 15 is 0 Å². The van der Waals surface area contributed by atoms with Crippen LogP contribution >= 0.6 is 22.6 Å². The molecule has 1 heterocycles. The van der Waals surface area contributed by atoms with Gasteiger partial charge in [-0.2, -0.15) is 5.10 Å². The molecule has 2 rings (SSSR count). The van der Waals surface area contributed by atoms with Gasteiger partial charge >= 0.3 is 0 Å². The number of hydrogen-bond acceptors (Lipinski definition) is 2. The molecule has 0 aliphatic heterocycles. The number of anilines is 1. The van der Waals surface area contributed by atoms with E-state index in [0.29, 0.717) is 5.69 Å². The van der Waals surface area contributed by atoms with Gasteiger partial charge in [0.05, 0.1) is 9.77 Å². The molecule has 0 saturated heterocycles. The van der Waals surface area contributed by atoms with Crippen molar-refractivity contribution in [2.45, 2.75) is 0 Å². The third-order valence-corrected chi connectivity index (χ3v) is 2.93. The highest BCUT2D eigenvalue weighted by Gasteiger charge is 2.14. The Balaban J connectivity index is 2.22. The van der Waals surface area contributed by atoms with Crippen molar-refractivity contribution in [1.82, 2.24) is 9.78 Å². The molecule has 0 fully saturated rings. The minimum absolute atomic E-state index is 0.143. The van der Waals surface area contributed by atoms with Crippen LogP contribution in [0.15, 0.2) is 36.5 Å². The third-order valence-electron chi connectivity index (χ3n) is 2.14. The summed E-state index contributed by atoms with van der Waals surface area (Å²) in [5.74, 6) is -0.143. The summed E-state index contributed by atoms with van der Waals surface area (Å²) >= 11 is 2.09. The molecule has 5 heteroatoms. The van der Waals surface area contributed by atoms with E-state index in [2.05, 4.69) is 33.0 Å². The molecular weight excluding hydrogens is 317 g/mol. The van der Waals surface area contributed by atoms with Crippen LogP contribution in [0, 0.1) is 3.57 Å². The second kappa shape index (κ2) is 4.65. The second-order valence-electron chi connectivity index (χ2n) is 3.28. The number of aryl methyl sites for hydroxylation is 1. The zero-order valence-corrected chi connectivity index (χ0v) is 10.8. The Morgan fingerprint density at radius 3 is 2.62 bits per heavy atom. The second-order valence-corrected chi connectivity index (χ2v) is 4.45.